The molecule has 0 aromatic heterocycles. The Bertz CT molecular complexity index is 1000. The molecule has 0 radical (unpaired) electrons. The van der Waals surface area contributed by atoms with Crippen LogP contribution in [0.3, 0.4) is 0 Å². The fourth-order valence-corrected chi connectivity index (χ4v) is 4.68. The Labute approximate surface area is 212 Å². The number of carbonyl (C=O) groups is 1. The number of nitrogens with zero attached hydrogens (tertiary/aromatic N) is 3. The van der Waals surface area contributed by atoms with E-state index in [0.717, 1.165) is 38.3 Å². The lowest BCUT2D eigenvalue weighted by Gasteiger charge is -2.37. The van der Waals surface area contributed by atoms with Crippen LogP contribution in [0.5, 0.6) is 11.5 Å². The number of ether oxygens (including phenoxy) is 4. The van der Waals surface area contributed by atoms with Gasteiger partial charge in [-0.1, -0.05) is 12.1 Å². The van der Waals surface area contributed by atoms with Gasteiger partial charge in [-0.2, -0.15) is 0 Å². The molecular weight excluding hydrogens is 465 g/mol. The van der Waals surface area contributed by atoms with Crippen molar-refractivity contribution in [1.82, 2.24) is 14.7 Å². The second kappa shape index (κ2) is 13.0. The molecule has 2 aliphatic heterocycles. The minimum atomic E-state index is -0.413. The minimum Gasteiger partial charge on any atom is -0.493 e. The van der Waals surface area contributed by atoms with Crippen molar-refractivity contribution in [3.63, 3.8) is 0 Å². The van der Waals surface area contributed by atoms with Gasteiger partial charge in [-0.25, -0.2) is 4.39 Å². The number of hydrogen-bond donors (Lipinski definition) is 0. The van der Waals surface area contributed by atoms with Gasteiger partial charge in [-0.05, 0) is 35.9 Å². The van der Waals surface area contributed by atoms with Crippen molar-refractivity contribution >= 4 is 5.91 Å². The van der Waals surface area contributed by atoms with Crippen LogP contribution in [0.1, 0.15) is 15.9 Å². The molecule has 0 spiro atoms. The van der Waals surface area contributed by atoms with Gasteiger partial charge in [0.25, 0.3) is 5.91 Å². The summed E-state index contributed by atoms with van der Waals surface area (Å²) in [6.07, 6.45) is -0.138. The summed E-state index contributed by atoms with van der Waals surface area (Å²) in [5.41, 5.74) is 1.48. The van der Waals surface area contributed by atoms with Gasteiger partial charge >= 0.3 is 0 Å². The number of morpholine rings is 2. The van der Waals surface area contributed by atoms with Crippen LogP contribution in [0.2, 0.25) is 0 Å². The lowest BCUT2D eigenvalue weighted by Crippen LogP contribution is -2.50. The first-order chi connectivity index (χ1) is 17.6. The van der Waals surface area contributed by atoms with E-state index in [0.29, 0.717) is 56.5 Å². The summed E-state index contributed by atoms with van der Waals surface area (Å²) in [5.74, 6) is 0.815. The van der Waals surface area contributed by atoms with Gasteiger partial charge in [0.05, 0.1) is 40.1 Å². The summed E-state index contributed by atoms with van der Waals surface area (Å²) in [4.78, 5) is 19.8. The number of methoxy groups -OCH3 is 2. The summed E-state index contributed by atoms with van der Waals surface area (Å²) in [6, 6.07) is 11.8. The highest BCUT2D eigenvalue weighted by Crippen LogP contribution is 2.28. The molecule has 2 aliphatic rings. The zero-order valence-electron chi connectivity index (χ0n) is 21.2. The standard InChI is InChI=1S/C27H36FN3O5/c1-33-25-7-6-21(16-26(25)34-2)18-30-12-15-36-24(19-30)20-31(9-8-29-10-13-35-14-11-29)27(32)22-4-3-5-23(28)17-22/h3-7,16-17,24H,8-15,18-20H2,1-2H3/t24-/m1/s1. The molecule has 196 valence electrons. The quantitative estimate of drug-likeness (QED) is 0.496. The highest BCUT2D eigenvalue weighted by Gasteiger charge is 2.27. The van der Waals surface area contributed by atoms with Gasteiger partial charge < -0.3 is 23.8 Å². The van der Waals surface area contributed by atoms with Gasteiger partial charge in [-0.3, -0.25) is 14.6 Å². The number of halogens is 1. The molecule has 0 unspecified atom stereocenters. The van der Waals surface area contributed by atoms with E-state index < -0.39 is 5.82 Å². The van der Waals surface area contributed by atoms with Crippen LogP contribution in [-0.4, -0.2) is 107 Å². The Morgan fingerprint density at radius 2 is 1.81 bits per heavy atom. The minimum absolute atomic E-state index is 0.138. The smallest absolute Gasteiger partial charge is 0.254 e. The average molecular weight is 502 g/mol. The maximum absolute atomic E-state index is 13.8. The van der Waals surface area contributed by atoms with E-state index in [-0.39, 0.29) is 12.0 Å². The van der Waals surface area contributed by atoms with E-state index in [4.69, 9.17) is 18.9 Å². The third-order valence-corrected chi connectivity index (χ3v) is 6.65. The highest BCUT2D eigenvalue weighted by molar-refractivity contribution is 5.94. The van der Waals surface area contributed by atoms with Crippen LogP contribution in [0.25, 0.3) is 0 Å². The molecule has 1 atom stereocenters. The highest BCUT2D eigenvalue weighted by atomic mass is 19.1. The van der Waals surface area contributed by atoms with Crippen molar-refractivity contribution in [1.29, 1.82) is 0 Å². The fraction of sp³-hybridized carbons (Fsp3) is 0.519. The molecule has 36 heavy (non-hydrogen) atoms. The van der Waals surface area contributed by atoms with E-state index in [2.05, 4.69) is 9.80 Å². The first-order valence-electron chi connectivity index (χ1n) is 12.5. The number of benzene rings is 2. The number of amides is 1. The van der Waals surface area contributed by atoms with Crippen LogP contribution >= 0.6 is 0 Å². The van der Waals surface area contributed by atoms with E-state index in [1.807, 2.05) is 18.2 Å². The Balaban J connectivity index is 1.41. The van der Waals surface area contributed by atoms with E-state index >= 15 is 0 Å². The SMILES string of the molecule is COc1ccc(CN2CCO[C@@H](CN(CCN3CCOCC3)C(=O)c3cccc(F)c3)C2)cc1OC. The van der Waals surface area contributed by atoms with Crippen LogP contribution in [-0.2, 0) is 16.0 Å². The molecule has 4 rings (SSSR count). The van der Waals surface area contributed by atoms with Crippen molar-refractivity contribution in [3.05, 3.63) is 59.4 Å². The second-order valence-electron chi connectivity index (χ2n) is 9.13. The third kappa shape index (κ3) is 7.16. The van der Waals surface area contributed by atoms with Crippen molar-refractivity contribution in [3.8, 4) is 11.5 Å². The molecule has 0 saturated carbocycles. The molecule has 9 heteroatoms. The van der Waals surface area contributed by atoms with E-state index in [1.165, 1.54) is 12.1 Å². The number of hydrogen-bond acceptors (Lipinski definition) is 7. The summed E-state index contributed by atoms with van der Waals surface area (Å²) in [5, 5.41) is 0. The van der Waals surface area contributed by atoms with E-state index in [9.17, 15) is 9.18 Å². The normalized spacial score (nSPS) is 19.1. The van der Waals surface area contributed by atoms with Gasteiger partial charge in [0.15, 0.2) is 11.5 Å². The molecule has 2 aromatic rings. The summed E-state index contributed by atoms with van der Waals surface area (Å²) < 4.78 is 36.1. The Morgan fingerprint density at radius 3 is 2.56 bits per heavy atom. The first-order valence-corrected chi connectivity index (χ1v) is 12.5. The molecule has 2 saturated heterocycles. The monoisotopic (exact) mass is 501 g/mol. The van der Waals surface area contributed by atoms with Crippen molar-refractivity contribution in [2.75, 3.05) is 79.9 Å². The van der Waals surface area contributed by atoms with Gasteiger partial charge in [0.2, 0.25) is 0 Å². The lowest BCUT2D eigenvalue weighted by molar-refractivity contribution is -0.0443. The predicted octanol–water partition coefficient (Wildman–Crippen LogP) is 2.52. The van der Waals surface area contributed by atoms with E-state index in [1.54, 1.807) is 31.3 Å². The fourth-order valence-electron chi connectivity index (χ4n) is 4.68. The molecule has 0 N–H and O–H groups in total. The Kier molecular flexibility index (Phi) is 9.52. The maximum atomic E-state index is 13.8. The van der Waals surface area contributed by atoms with Crippen molar-refractivity contribution in [2.24, 2.45) is 0 Å². The van der Waals surface area contributed by atoms with Gasteiger partial charge in [-0.15, -0.1) is 0 Å². The molecule has 0 bridgehead atoms. The molecule has 2 aromatic carbocycles. The van der Waals surface area contributed by atoms with Crippen LogP contribution in [0.4, 0.5) is 4.39 Å². The summed E-state index contributed by atoms with van der Waals surface area (Å²) in [6.45, 7) is 7.66. The predicted molar refractivity (Wildman–Crippen MR) is 134 cm³/mol. The zero-order chi connectivity index (χ0) is 25.3. The molecule has 2 heterocycles. The van der Waals surface area contributed by atoms with Crippen LogP contribution in [0, 0.1) is 5.82 Å². The molecule has 0 aliphatic carbocycles. The summed E-state index contributed by atoms with van der Waals surface area (Å²) in [7, 11) is 3.26. The third-order valence-electron chi connectivity index (χ3n) is 6.65. The zero-order valence-corrected chi connectivity index (χ0v) is 21.2. The average Bonchev–Trinajstić information content (AvgIpc) is 2.91. The van der Waals surface area contributed by atoms with Crippen molar-refractivity contribution in [2.45, 2.75) is 12.6 Å². The topological polar surface area (TPSA) is 63.7 Å². The number of rotatable bonds is 10. The Hall–Kier alpha value is -2.72. The Morgan fingerprint density at radius 1 is 1.03 bits per heavy atom. The molecule has 2 fully saturated rings. The summed E-state index contributed by atoms with van der Waals surface area (Å²) >= 11 is 0. The van der Waals surface area contributed by atoms with Gasteiger partial charge in [0.1, 0.15) is 5.82 Å². The van der Waals surface area contributed by atoms with Gasteiger partial charge in [0, 0.05) is 57.9 Å². The van der Waals surface area contributed by atoms with Crippen LogP contribution in [0.15, 0.2) is 42.5 Å². The maximum Gasteiger partial charge on any atom is 0.254 e. The molecule has 1 amide bonds. The first kappa shape index (κ1) is 26.3. The van der Waals surface area contributed by atoms with Crippen LogP contribution < -0.4 is 9.47 Å². The number of carbonyl (C=O) groups excluding carboxylic acids is 1. The molecule has 8 nitrogen and oxygen atoms in total. The lowest BCUT2D eigenvalue weighted by atomic mass is 10.1. The van der Waals surface area contributed by atoms with Crippen molar-refractivity contribution < 1.29 is 28.1 Å². The molecular formula is C27H36FN3O5. The second-order valence-corrected chi connectivity index (χ2v) is 9.13. The largest absolute Gasteiger partial charge is 0.493 e.